The number of ether oxygens (including phenoxy) is 2. The average molecular weight is 291 g/mol. The molecule has 0 atom stereocenters. The van der Waals surface area contributed by atoms with Crippen LogP contribution in [0.15, 0.2) is 36.9 Å². The van der Waals surface area contributed by atoms with Crippen molar-refractivity contribution in [3.8, 4) is 11.5 Å². The molecule has 0 amide bonds. The molecule has 0 fully saturated rings. The minimum Gasteiger partial charge on any atom is -0.493 e. The molecule has 1 heterocycles. The first-order valence-electron chi connectivity index (χ1n) is 6.27. The summed E-state index contributed by atoms with van der Waals surface area (Å²) in [6.07, 6.45) is 6.37. The average Bonchev–Trinajstić information content (AvgIpc) is 2.96. The summed E-state index contributed by atoms with van der Waals surface area (Å²) < 4.78 is 13.0. The number of nitrogens with zero attached hydrogens (tertiary/aromatic N) is 2. The zero-order valence-corrected chi connectivity index (χ0v) is 12.1. The van der Waals surface area contributed by atoms with E-state index < -0.39 is 0 Å². The molecule has 0 radical (unpaired) electrons. The summed E-state index contributed by atoms with van der Waals surface area (Å²) in [5.41, 5.74) is 6.36. The Labute approximate surface area is 123 Å². The summed E-state index contributed by atoms with van der Waals surface area (Å²) in [5, 5.41) is 0. The second-order valence-corrected chi connectivity index (χ2v) is 4.67. The van der Waals surface area contributed by atoms with E-state index in [4.69, 9.17) is 27.4 Å². The number of aryl methyl sites for hydroxylation is 1. The van der Waals surface area contributed by atoms with Crippen LogP contribution < -0.4 is 15.2 Å². The second kappa shape index (κ2) is 6.91. The monoisotopic (exact) mass is 291 g/mol. The molecule has 0 saturated carbocycles. The highest BCUT2D eigenvalue weighted by Gasteiger charge is 2.07. The Balaban J connectivity index is 1.90. The van der Waals surface area contributed by atoms with Crippen LogP contribution in [0.4, 0.5) is 0 Å². The van der Waals surface area contributed by atoms with Crippen LogP contribution in [0.2, 0.25) is 0 Å². The first kappa shape index (κ1) is 14.3. The molecule has 0 spiro atoms. The lowest BCUT2D eigenvalue weighted by Gasteiger charge is -2.12. The predicted octanol–water partition coefficient (Wildman–Crippen LogP) is 1.99. The number of thiocarbonyl (C=S) groups is 1. The van der Waals surface area contributed by atoms with Gasteiger partial charge in [-0.05, 0) is 24.6 Å². The number of aromatic nitrogens is 2. The molecule has 2 N–H and O–H groups in total. The number of rotatable bonds is 7. The molecule has 0 unspecified atom stereocenters. The van der Waals surface area contributed by atoms with Crippen LogP contribution in [-0.4, -0.2) is 28.3 Å². The van der Waals surface area contributed by atoms with Gasteiger partial charge in [0.1, 0.15) is 4.99 Å². The molecular weight excluding hydrogens is 274 g/mol. The van der Waals surface area contributed by atoms with E-state index in [1.807, 2.05) is 22.9 Å². The third-order valence-electron chi connectivity index (χ3n) is 2.83. The van der Waals surface area contributed by atoms with Gasteiger partial charge in [-0.3, -0.25) is 0 Å². The second-order valence-electron chi connectivity index (χ2n) is 4.23. The van der Waals surface area contributed by atoms with E-state index in [0.29, 0.717) is 23.1 Å². The SMILES string of the molecule is COc1cc(C(N)=S)ccc1OCCCn1ccnc1. The standard InChI is InChI=1S/C14H17N3O2S/c1-18-13-9-11(14(15)20)3-4-12(13)19-8-2-6-17-7-5-16-10-17/h3-5,7,9-10H,2,6,8H2,1H3,(H2,15,20). The molecule has 1 aromatic heterocycles. The highest BCUT2D eigenvalue weighted by Crippen LogP contribution is 2.28. The lowest BCUT2D eigenvalue weighted by molar-refractivity contribution is 0.282. The Morgan fingerprint density at radius 3 is 2.90 bits per heavy atom. The molecule has 2 aromatic rings. The molecule has 5 nitrogen and oxygen atoms in total. The predicted molar refractivity (Wildman–Crippen MR) is 81.2 cm³/mol. The third-order valence-corrected chi connectivity index (χ3v) is 3.06. The maximum atomic E-state index is 5.72. The van der Waals surface area contributed by atoms with Gasteiger partial charge in [0.05, 0.1) is 20.0 Å². The highest BCUT2D eigenvalue weighted by molar-refractivity contribution is 7.80. The third kappa shape index (κ3) is 3.71. The Bertz CT molecular complexity index is 570. The number of hydrogen-bond donors (Lipinski definition) is 1. The van der Waals surface area contributed by atoms with Gasteiger partial charge in [-0.1, -0.05) is 12.2 Å². The zero-order chi connectivity index (χ0) is 14.4. The molecule has 0 aliphatic carbocycles. The van der Waals surface area contributed by atoms with Gasteiger partial charge in [0.25, 0.3) is 0 Å². The van der Waals surface area contributed by atoms with Gasteiger partial charge >= 0.3 is 0 Å². The molecule has 20 heavy (non-hydrogen) atoms. The quantitative estimate of drug-likeness (QED) is 0.624. The fraction of sp³-hybridized carbons (Fsp3) is 0.286. The smallest absolute Gasteiger partial charge is 0.161 e. The summed E-state index contributed by atoms with van der Waals surface area (Å²) >= 11 is 4.94. The lowest BCUT2D eigenvalue weighted by Crippen LogP contribution is -2.10. The van der Waals surface area contributed by atoms with Crippen molar-refractivity contribution in [1.82, 2.24) is 9.55 Å². The van der Waals surface area contributed by atoms with Crippen molar-refractivity contribution >= 4 is 17.2 Å². The van der Waals surface area contributed by atoms with E-state index >= 15 is 0 Å². The first-order chi connectivity index (χ1) is 9.70. The van der Waals surface area contributed by atoms with E-state index in [-0.39, 0.29) is 0 Å². The lowest BCUT2D eigenvalue weighted by atomic mass is 10.2. The molecule has 0 saturated heterocycles. The fourth-order valence-corrected chi connectivity index (χ4v) is 1.92. The van der Waals surface area contributed by atoms with Crippen LogP contribution in [0, 0.1) is 0 Å². The van der Waals surface area contributed by atoms with Crippen molar-refractivity contribution in [2.45, 2.75) is 13.0 Å². The van der Waals surface area contributed by atoms with Gasteiger partial charge in [-0.15, -0.1) is 0 Å². The van der Waals surface area contributed by atoms with Crippen molar-refractivity contribution in [1.29, 1.82) is 0 Å². The molecule has 6 heteroatoms. The number of methoxy groups -OCH3 is 1. The van der Waals surface area contributed by atoms with E-state index in [9.17, 15) is 0 Å². The number of imidazole rings is 1. The fourth-order valence-electron chi connectivity index (χ4n) is 1.79. The molecule has 2 rings (SSSR count). The van der Waals surface area contributed by atoms with E-state index in [1.165, 1.54) is 0 Å². The van der Waals surface area contributed by atoms with Crippen LogP contribution in [-0.2, 0) is 6.54 Å². The Hall–Kier alpha value is -2.08. The van der Waals surface area contributed by atoms with Gasteiger partial charge in [-0.2, -0.15) is 0 Å². The molecular formula is C14H17N3O2S. The molecule has 0 bridgehead atoms. The highest BCUT2D eigenvalue weighted by atomic mass is 32.1. The Morgan fingerprint density at radius 2 is 2.25 bits per heavy atom. The summed E-state index contributed by atoms with van der Waals surface area (Å²) in [6, 6.07) is 5.44. The van der Waals surface area contributed by atoms with Crippen LogP contribution >= 0.6 is 12.2 Å². The van der Waals surface area contributed by atoms with Gasteiger partial charge in [0, 0.05) is 24.5 Å². The molecule has 106 valence electrons. The molecule has 0 aliphatic heterocycles. The number of nitrogens with two attached hydrogens (primary N) is 1. The van der Waals surface area contributed by atoms with Crippen molar-refractivity contribution in [2.75, 3.05) is 13.7 Å². The van der Waals surface area contributed by atoms with E-state index in [0.717, 1.165) is 18.5 Å². The van der Waals surface area contributed by atoms with E-state index in [1.54, 1.807) is 25.7 Å². The van der Waals surface area contributed by atoms with Crippen molar-refractivity contribution in [2.24, 2.45) is 5.73 Å². The van der Waals surface area contributed by atoms with Crippen LogP contribution in [0.3, 0.4) is 0 Å². The van der Waals surface area contributed by atoms with Crippen LogP contribution in [0.5, 0.6) is 11.5 Å². The number of benzene rings is 1. The summed E-state index contributed by atoms with van der Waals surface area (Å²) in [7, 11) is 1.59. The van der Waals surface area contributed by atoms with Gasteiger partial charge < -0.3 is 19.8 Å². The van der Waals surface area contributed by atoms with Crippen molar-refractivity contribution in [3.05, 3.63) is 42.5 Å². The van der Waals surface area contributed by atoms with Crippen molar-refractivity contribution < 1.29 is 9.47 Å². The zero-order valence-electron chi connectivity index (χ0n) is 11.3. The van der Waals surface area contributed by atoms with Gasteiger partial charge in [0.2, 0.25) is 0 Å². The number of hydrogen-bond acceptors (Lipinski definition) is 4. The van der Waals surface area contributed by atoms with Crippen molar-refractivity contribution in [3.63, 3.8) is 0 Å². The maximum Gasteiger partial charge on any atom is 0.161 e. The van der Waals surface area contributed by atoms with Crippen LogP contribution in [0.25, 0.3) is 0 Å². The summed E-state index contributed by atoms with van der Waals surface area (Å²) in [4.78, 5) is 4.33. The topological polar surface area (TPSA) is 62.3 Å². The summed E-state index contributed by atoms with van der Waals surface area (Å²) in [6.45, 7) is 1.47. The van der Waals surface area contributed by atoms with Gasteiger partial charge in [0.15, 0.2) is 11.5 Å². The minimum atomic E-state index is 0.343. The van der Waals surface area contributed by atoms with Crippen LogP contribution in [0.1, 0.15) is 12.0 Å². The first-order valence-corrected chi connectivity index (χ1v) is 6.68. The summed E-state index contributed by atoms with van der Waals surface area (Å²) in [5.74, 6) is 1.33. The van der Waals surface area contributed by atoms with E-state index in [2.05, 4.69) is 4.98 Å². The molecule has 1 aromatic carbocycles. The Morgan fingerprint density at radius 1 is 1.40 bits per heavy atom. The van der Waals surface area contributed by atoms with Gasteiger partial charge in [-0.25, -0.2) is 4.98 Å². The maximum absolute atomic E-state index is 5.72. The minimum absolute atomic E-state index is 0.343. The molecule has 0 aliphatic rings. The normalized spacial score (nSPS) is 10.2. The Kier molecular flexibility index (Phi) is 4.95. The largest absolute Gasteiger partial charge is 0.493 e.